The van der Waals surface area contributed by atoms with E-state index in [0.29, 0.717) is 6.54 Å². The number of benzene rings is 1. The van der Waals surface area contributed by atoms with Gasteiger partial charge in [0.25, 0.3) is 0 Å². The highest BCUT2D eigenvalue weighted by atomic mass is 127. The number of nitrogens with one attached hydrogen (secondary N) is 2. The maximum absolute atomic E-state index is 5.34. The van der Waals surface area contributed by atoms with Gasteiger partial charge >= 0.3 is 0 Å². The van der Waals surface area contributed by atoms with E-state index in [1.165, 1.54) is 10.4 Å². The summed E-state index contributed by atoms with van der Waals surface area (Å²) < 4.78 is 10.6. The Hall–Kier alpha value is -1.55. The first-order valence-electron chi connectivity index (χ1n) is 8.29. The second kappa shape index (κ2) is 11.9. The molecular weight excluding hydrogens is 463 g/mol. The van der Waals surface area contributed by atoms with Crippen LogP contribution in [0.15, 0.2) is 29.4 Å². The van der Waals surface area contributed by atoms with E-state index in [4.69, 9.17) is 9.47 Å². The maximum atomic E-state index is 5.34. The van der Waals surface area contributed by atoms with E-state index in [1.807, 2.05) is 24.4 Å². The van der Waals surface area contributed by atoms with E-state index in [-0.39, 0.29) is 24.0 Å². The third-order valence-corrected chi connectivity index (χ3v) is 4.88. The van der Waals surface area contributed by atoms with Gasteiger partial charge in [0.1, 0.15) is 5.01 Å². The van der Waals surface area contributed by atoms with Crippen LogP contribution in [0.3, 0.4) is 0 Å². The third kappa shape index (κ3) is 6.64. The van der Waals surface area contributed by atoms with Crippen LogP contribution in [-0.4, -0.2) is 38.8 Å². The molecule has 1 heterocycles. The molecule has 2 aromatic rings. The average molecular weight is 490 g/mol. The van der Waals surface area contributed by atoms with Crippen LogP contribution < -0.4 is 20.1 Å². The number of nitrogens with zero attached hydrogens (tertiary/aromatic N) is 2. The van der Waals surface area contributed by atoms with Crippen LogP contribution in [0.4, 0.5) is 0 Å². The SMILES string of the molecule is CCc1cnc(CNC(=NC)NCCc2ccc(OC)c(OC)c2)s1.I. The number of rotatable bonds is 8. The molecule has 0 atom stereocenters. The summed E-state index contributed by atoms with van der Waals surface area (Å²) in [6.45, 7) is 3.59. The molecule has 2 rings (SSSR count). The molecule has 144 valence electrons. The number of ether oxygens (including phenoxy) is 2. The highest BCUT2D eigenvalue weighted by molar-refractivity contribution is 14.0. The second-order valence-electron chi connectivity index (χ2n) is 5.37. The van der Waals surface area contributed by atoms with Crippen molar-refractivity contribution in [3.05, 3.63) is 39.8 Å². The predicted octanol–water partition coefficient (Wildman–Crippen LogP) is 3.25. The summed E-state index contributed by atoms with van der Waals surface area (Å²) in [5.74, 6) is 2.26. The predicted molar refractivity (Wildman–Crippen MR) is 118 cm³/mol. The van der Waals surface area contributed by atoms with Crippen LogP contribution in [0.1, 0.15) is 22.4 Å². The van der Waals surface area contributed by atoms with Crippen molar-refractivity contribution in [2.75, 3.05) is 27.8 Å². The number of aromatic nitrogens is 1. The monoisotopic (exact) mass is 490 g/mol. The van der Waals surface area contributed by atoms with Crippen molar-refractivity contribution in [2.24, 2.45) is 4.99 Å². The molecular formula is C18H27IN4O2S. The molecule has 0 spiro atoms. The van der Waals surface area contributed by atoms with Gasteiger partial charge in [0.05, 0.1) is 20.8 Å². The minimum Gasteiger partial charge on any atom is -0.493 e. The van der Waals surface area contributed by atoms with Crippen molar-refractivity contribution in [3.8, 4) is 11.5 Å². The quantitative estimate of drug-likeness (QED) is 0.338. The number of halogens is 1. The van der Waals surface area contributed by atoms with Gasteiger partial charge in [0.2, 0.25) is 0 Å². The Balaban J connectivity index is 0.00000338. The summed E-state index contributed by atoms with van der Waals surface area (Å²) in [5, 5.41) is 7.68. The summed E-state index contributed by atoms with van der Waals surface area (Å²) in [4.78, 5) is 9.95. The van der Waals surface area contributed by atoms with Crippen LogP contribution in [0, 0.1) is 0 Å². The van der Waals surface area contributed by atoms with Crippen molar-refractivity contribution in [1.82, 2.24) is 15.6 Å². The van der Waals surface area contributed by atoms with Crippen LogP contribution in [0.2, 0.25) is 0 Å². The van der Waals surface area contributed by atoms with Crippen molar-refractivity contribution >= 4 is 41.3 Å². The highest BCUT2D eigenvalue weighted by Crippen LogP contribution is 2.27. The molecule has 0 aliphatic carbocycles. The van der Waals surface area contributed by atoms with Gasteiger partial charge < -0.3 is 20.1 Å². The van der Waals surface area contributed by atoms with E-state index in [9.17, 15) is 0 Å². The molecule has 0 aliphatic rings. The Kier molecular flexibility index (Phi) is 10.3. The zero-order valence-electron chi connectivity index (χ0n) is 15.7. The summed E-state index contributed by atoms with van der Waals surface area (Å²) >= 11 is 1.73. The van der Waals surface area contributed by atoms with Gasteiger partial charge in [-0.3, -0.25) is 4.99 Å². The summed E-state index contributed by atoms with van der Waals surface area (Å²) in [6.07, 6.45) is 3.82. The number of hydrogen-bond acceptors (Lipinski definition) is 5. The van der Waals surface area contributed by atoms with Crippen LogP contribution in [0.5, 0.6) is 11.5 Å². The van der Waals surface area contributed by atoms with E-state index in [1.54, 1.807) is 32.6 Å². The zero-order chi connectivity index (χ0) is 18.1. The molecule has 0 amide bonds. The molecule has 0 saturated heterocycles. The molecule has 1 aromatic carbocycles. The number of hydrogen-bond donors (Lipinski definition) is 2. The van der Waals surface area contributed by atoms with Gasteiger partial charge in [0, 0.05) is 24.7 Å². The molecule has 0 fully saturated rings. The second-order valence-corrected chi connectivity index (χ2v) is 6.57. The van der Waals surface area contributed by atoms with Gasteiger partial charge in [-0.25, -0.2) is 4.98 Å². The Morgan fingerprint density at radius 3 is 2.58 bits per heavy atom. The number of guanidine groups is 1. The molecule has 2 N–H and O–H groups in total. The van der Waals surface area contributed by atoms with Gasteiger partial charge in [0.15, 0.2) is 17.5 Å². The molecule has 0 radical (unpaired) electrons. The van der Waals surface area contributed by atoms with Crippen LogP contribution in [0.25, 0.3) is 0 Å². The maximum Gasteiger partial charge on any atom is 0.191 e. The van der Waals surface area contributed by atoms with E-state index in [2.05, 4.69) is 27.5 Å². The smallest absolute Gasteiger partial charge is 0.191 e. The lowest BCUT2D eigenvalue weighted by atomic mass is 10.1. The van der Waals surface area contributed by atoms with Gasteiger partial charge in [-0.1, -0.05) is 13.0 Å². The first-order valence-corrected chi connectivity index (χ1v) is 9.10. The Bertz CT molecular complexity index is 706. The van der Waals surface area contributed by atoms with Gasteiger partial charge in [-0.15, -0.1) is 35.3 Å². The first-order chi connectivity index (χ1) is 12.2. The van der Waals surface area contributed by atoms with Crippen LogP contribution >= 0.6 is 35.3 Å². The Morgan fingerprint density at radius 2 is 1.96 bits per heavy atom. The van der Waals surface area contributed by atoms with Crippen LogP contribution in [-0.2, 0) is 19.4 Å². The molecule has 0 unspecified atom stereocenters. The largest absolute Gasteiger partial charge is 0.493 e. The van der Waals surface area contributed by atoms with Gasteiger partial charge in [-0.2, -0.15) is 0 Å². The minimum absolute atomic E-state index is 0. The molecule has 0 aliphatic heterocycles. The summed E-state index contributed by atoms with van der Waals surface area (Å²) in [7, 11) is 5.06. The van der Waals surface area contributed by atoms with Gasteiger partial charge in [-0.05, 0) is 30.5 Å². The minimum atomic E-state index is 0. The fourth-order valence-electron chi connectivity index (χ4n) is 2.33. The van der Waals surface area contributed by atoms with E-state index in [0.717, 1.165) is 41.9 Å². The van der Waals surface area contributed by atoms with E-state index < -0.39 is 0 Å². The lowest BCUT2D eigenvalue weighted by Gasteiger charge is -2.12. The van der Waals surface area contributed by atoms with Crippen molar-refractivity contribution < 1.29 is 9.47 Å². The van der Waals surface area contributed by atoms with Crippen molar-refractivity contribution in [2.45, 2.75) is 26.3 Å². The number of methoxy groups -OCH3 is 2. The highest BCUT2D eigenvalue weighted by Gasteiger charge is 2.06. The number of aliphatic imine (C=N–C) groups is 1. The Morgan fingerprint density at radius 1 is 1.19 bits per heavy atom. The molecule has 26 heavy (non-hydrogen) atoms. The Labute approximate surface area is 176 Å². The average Bonchev–Trinajstić information content (AvgIpc) is 3.12. The van der Waals surface area contributed by atoms with E-state index >= 15 is 0 Å². The zero-order valence-corrected chi connectivity index (χ0v) is 18.8. The number of aryl methyl sites for hydroxylation is 1. The third-order valence-electron chi connectivity index (χ3n) is 3.73. The lowest BCUT2D eigenvalue weighted by Crippen LogP contribution is -2.37. The molecule has 0 saturated carbocycles. The summed E-state index contributed by atoms with van der Waals surface area (Å²) in [5.41, 5.74) is 1.17. The fourth-order valence-corrected chi connectivity index (χ4v) is 3.14. The normalized spacial score (nSPS) is 10.8. The summed E-state index contributed by atoms with van der Waals surface area (Å²) in [6, 6.07) is 5.97. The fraction of sp³-hybridized carbons (Fsp3) is 0.444. The standard InChI is InChI=1S/C18H26N4O2S.HI/c1-5-14-11-21-17(25-14)12-22-18(19-2)20-9-8-13-6-7-15(23-3)16(10-13)24-4;/h6-7,10-11H,5,8-9,12H2,1-4H3,(H2,19,20,22);1H. The molecule has 8 heteroatoms. The molecule has 0 bridgehead atoms. The molecule has 6 nitrogen and oxygen atoms in total. The lowest BCUT2D eigenvalue weighted by molar-refractivity contribution is 0.354. The van der Waals surface area contributed by atoms with Crippen molar-refractivity contribution in [1.29, 1.82) is 0 Å². The van der Waals surface area contributed by atoms with Crippen molar-refractivity contribution in [3.63, 3.8) is 0 Å². The number of thiazole rings is 1. The topological polar surface area (TPSA) is 67.8 Å². The first kappa shape index (κ1) is 22.5. The molecule has 1 aromatic heterocycles.